The molecule has 9 nitrogen and oxygen atoms in total. The van der Waals surface area contributed by atoms with Crippen LogP contribution in [0.1, 0.15) is 6.42 Å². The molecule has 0 bridgehead atoms. The maximum Gasteiger partial charge on any atom is 0.159 e. The lowest BCUT2D eigenvalue weighted by Crippen LogP contribution is -1.90. The molecule has 0 amide bonds. The fraction of sp³-hybridized carbons (Fsp3) is 0.167. The summed E-state index contributed by atoms with van der Waals surface area (Å²) < 4.78 is 0. The van der Waals surface area contributed by atoms with Crippen LogP contribution in [0.25, 0.3) is 0 Å². The molecule has 16 N–H and O–H groups in total. The van der Waals surface area contributed by atoms with Crippen LogP contribution in [0.3, 0.4) is 0 Å². The highest BCUT2D eigenvalue weighted by Gasteiger charge is 1.92. The van der Waals surface area contributed by atoms with Crippen molar-refractivity contribution in [3.8, 4) is 0 Å². The van der Waals surface area contributed by atoms with Gasteiger partial charge in [-0.15, -0.1) is 0 Å². The average molecular weight is 238 g/mol. The van der Waals surface area contributed by atoms with E-state index in [0.717, 1.165) is 0 Å². The maximum absolute atomic E-state index is 10.3. The lowest BCUT2D eigenvalue weighted by molar-refractivity contribution is -0.113. The molecule has 0 fully saturated rings. The van der Waals surface area contributed by atoms with E-state index in [1.54, 1.807) is 12.2 Å². The molecule has 0 aromatic heterocycles. The summed E-state index contributed by atoms with van der Waals surface area (Å²) in [5.74, 6) is 0.197. The number of rotatable bonds is 0. The Hall–Kier alpha value is -1.17. The van der Waals surface area contributed by atoms with Gasteiger partial charge in [-0.2, -0.15) is 0 Å². The van der Waals surface area contributed by atoms with E-state index in [1.165, 1.54) is 0 Å². The van der Waals surface area contributed by atoms with Gasteiger partial charge < -0.3 is 43.8 Å². The first-order valence-electron chi connectivity index (χ1n) is 2.25. The number of hydrogen-bond donors (Lipinski definition) is 0. The lowest BCUT2D eigenvalue weighted by atomic mass is 10.2. The molecule has 0 heterocycles. The van der Waals surface area contributed by atoms with E-state index in [-0.39, 0.29) is 49.6 Å². The smallest absolute Gasteiger partial charge is 0.159 e. The van der Waals surface area contributed by atoms with Crippen LogP contribution in [0.4, 0.5) is 0 Å². The van der Waals surface area contributed by atoms with Gasteiger partial charge in [-0.1, -0.05) is 18.2 Å². The number of allylic oxidation sites excluding steroid dienone is 4. The topological polar surface area (TPSA) is 269 Å². The Morgan fingerprint density at radius 1 is 0.733 bits per heavy atom. The molecule has 1 aliphatic carbocycles. The second-order valence-electron chi connectivity index (χ2n) is 1.46. The van der Waals surface area contributed by atoms with Crippen molar-refractivity contribution in [1.29, 1.82) is 0 Å². The molecular formula is C6H22O9. The number of carbonyl (C=O) groups is 1. The van der Waals surface area contributed by atoms with Crippen LogP contribution < -0.4 is 0 Å². The van der Waals surface area contributed by atoms with Crippen molar-refractivity contribution in [3.05, 3.63) is 24.3 Å². The van der Waals surface area contributed by atoms with Gasteiger partial charge in [-0.3, -0.25) is 4.79 Å². The van der Waals surface area contributed by atoms with E-state index < -0.39 is 0 Å². The van der Waals surface area contributed by atoms with E-state index in [0.29, 0.717) is 6.42 Å². The summed E-state index contributed by atoms with van der Waals surface area (Å²) in [7, 11) is 0. The first kappa shape index (κ1) is 67.0. The molecule has 0 aromatic rings. The van der Waals surface area contributed by atoms with E-state index in [1.807, 2.05) is 12.2 Å². The molecular weight excluding hydrogens is 216 g/mol. The zero-order chi connectivity index (χ0) is 5.11. The summed E-state index contributed by atoms with van der Waals surface area (Å²) in [6, 6.07) is 0. The third kappa shape index (κ3) is 32.3. The molecule has 9 heteroatoms. The lowest BCUT2D eigenvalue weighted by Gasteiger charge is -1.88. The summed E-state index contributed by atoms with van der Waals surface area (Å²) >= 11 is 0. The van der Waals surface area contributed by atoms with E-state index in [4.69, 9.17) is 0 Å². The van der Waals surface area contributed by atoms with Crippen molar-refractivity contribution in [2.75, 3.05) is 0 Å². The number of hydrogen-bond acceptors (Lipinski definition) is 1. The van der Waals surface area contributed by atoms with Crippen LogP contribution in [0, 0.1) is 0 Å². The number of carbonyl (C=O) groups excluding carboxylic acids is 1. The van der Waals surface area contributed by atoms with Crippen LogP contribution in [-0.4, -0.2) is 49.6 Å². The highest BCUT2D eigenvalue weighted by Crippen LogP contribution is 1.94. The third-order valence-corrected chi connectivity index (χ3v) is 0.848. The minimum atomic E-state index is 0. The largest absolute Gasteiger partial charge is 0.412 e. The third-order valence-electron chi connectivity index (χ3n) is 0.848. The second kappa shape index (κ2) is 38.5. The predicted octanol–water partition coefficient (Wildman–Crippen LogP) is -5.53. The van der Waals surface area contributed by atoms with Crippen molar-refractivity contribution in [2.24, 2.45) is 0 Å². The Morgan fingerprint density at radius 3 is 1.27 bits per heavy atom. The van der Waals surface area contributed by atoms with Gasteiger partial charge in [0.25, 0.3) is 0 Å². The zero-order valence-corrected chi connectivity index (χ0v) is 7.92. The molecule has 0 radical (unpaired) electrons. The Bertz CT molecular complexity index is 142. The highest BCUT2D eigenvalue weighted by atomic mass is 16.1. The average Bonchev–Trinajstić information content (AvgIpc) is 1.69. The van der Waals surface area contributed by atoms with Gasteiger partial charge in [0.15, 0.2) is 5.78 Å². The number of ketones is 1. The van der Waals surface area contributed by atoms with E-state index in [9.17, 15) is 4.79 Å². The fourth-order valence-electron chi connectivity index (χ4n) is 0.494. The first-order valence-corrected chi connectivity index (χ1v) is 2.25. The molecule has 0 aliphatic heterocycles. The van der Waals surface area contributed by atoms with Crippen molar-refractivity contribution in [1.82, 2.24) is 0 Å². The van der Waals surface area contributed by atoms with Crippen molar-refractivity contribution in [2.45, 2.75) is 6.42 Å². The molecule has 100 valence electrons. The van der Waals surface area contributed by atoms with E-state index in [2.05, 4.69) is 0 Å². The molecule has 15 heavy (non-hydrogen) atoms. The van der Waals surface area contributed by atoms with Crippen molar-refractivity contribution < 1.29 is 48.6 Å². The standard InChI is InChI=1S/C6H6O.8H2O/c7-6-4-2-1-3-5-6;;;;;;;;/h1-4H,5H2;8*1H2. The molecule has 0 saturated carbocycles. The molecule has 1 aliphatic rings. The Kier molecular flexibility index (Phi) is 172. The molecule has 0 atom stereocenters. The predicted molar refractivity (Wildman–Crippen MR) is 56.8 cm³/mol. The molecule has 1 rings (SSSR count). The SMILES string of the molecule is O.O.O.O.O.O.O.O.O=C1C=CC=CC1. The summed E-state index contributed by atoms with van der Waals surface area (Å²) in [5, 5.41) is 0. The van der Waals surface area contributed by atoms with E-state index >= 15 is 0 Å². The summed E-state index contributed by atoms with van der Waals surface area (Å²) in [6.07, 6.45) is 7.64. The van der Waals surface area contributed by atoms with Crippen LogP contribution >= 0.6 is 0 Å². The van der Waals surface area contributed by atoms with Gasteiger partial charge >= 0.3 is 0 Å². The summed E-state index contributed by atoms with van der Waals surface area (Å²) in [6.45, 7) is 0. The molecule has 0 saturated heterocycles. The quantitative estimate of drug-likeness (QED) is 0.392. The van der Waals surface area contributed by atoms with Gasteiger partial charge in [0.05, 0.1) is 0 Å². The van der Waals surface area contributed by atoms with Crippen LogP contribution in [0.5, 0.6) is 0 Å². The summed E-state index contributed by atoms with van der Waals surface area (Å²) in [5.41, 5.74) is 0. The van der Waals surface area contributed by atoms with Crippen LogP contribution in [0.15, 0.2) is 24.3 Å². The minimum absolute atomic E-state index is 0. The Balaban J connectivity index is -0.0000000102. The summed E-state index contributed by atoms with van der Waals surface area (Å²) in [4.78, 5) is 10.3. The Morgan fingerprint density at radius 2 is 1.13 bits per heavy atom. The van der Waals surface area contributed by atoms with Gasteiger partial charge in [-0.05, 0) is 6.08 Å². The minimum Gasteiger partial charge on any atom is -0.412 e. The monoisotopic (exact) mass is 238 g/mol. The Labute approximate surface area is 86.2 Å². The molecule has 0 spiro atoms. The van der Waals surface area contributed by atoms with Crippen LogP contribution in [0.2, 0.25) is 0 Å². The second-order valence-corrected chi connectivity index (χ2v) is 1.46. The maximum atomic E-state index is 10.3. The molecule has 0 unspecified atom stereocenters. The van der Waals surface area contributed by atoms with Crippen molar-refractivity contribution >= 4 is 5.78 Å². The normalized spacial score (nSPS) is 8.40. The zero-order valence-electron chi connectivity index (χ0n) is 7.92. The van der Waals surface area contributed by atoms with Gasteiger partial charge in [0.1, 0.15) is 0 Å². The van der Waals surface area contributed by atoms with Crippen molar-refractivity contribution in [3.63, 3.8) is 0 Å². The highest BCUT2D eigenvalue weighted by molar-refractivity contribution is 5.92. The van der Waals surface area contributed by atoms with Gasteiger partial charge in [-0.25, -0.2) is 0 Å². The molecule has 0 aromatic carbocycles. The van der Waals surface area contributed by atoms with Gasteiger partial charge in [0, 0.05) is 6.42 Å². The van der Waals surface area contributed by atoms with Gasteiger partial charge in [0.2, 0.25) is 0 Å². The first-order chi connectivity index (χ1) is 3.39. The van der Waals surface area contributed by atoms with Crippen LogP contribution in [-0.2, 0) is 4.79 Å². The fourth-order valence-corrected chi connectivity index (χ4v) is 0.494.